The Labute approximate surface area is 117 Å². The Hall–Kier alpha value is -2.30. The van der Waals surface area contributed by atoms with Crippen molar-refractivity contribution in [3.8, 4) is 0 Å². The summed E-state index contributed by atoms with van der Waals surface area (Å²) in [4.78, 5) is 17.9. The summed E-state index contributed by atoms with van der Waals surface area (Å²) in [6, 6.07) is 8.03. The fraction of sp³-hybridized carbons (Fsp3) is 0.333. The lowest BCUT2D eigenvalue weighted by Crippen LogP contribution is -2.35. The SMILES string of the molecule is CC(=O)NC1CCN(c2ccc(N)c3cccnc23)C1. The Bertz CT molecular complexity index is 655. The van der Waals surface area contributed by atoms with Gasteiger partial charge in [0.2, 0.25) is 5.91 Å². The maximum absolute atomic E-state index is 11.1. The third kappa shape index (κ3) is 2.27. The van der Waals surface area contributed by atoms with E-state index in [2.05, 4.69) is 15.2 Å². The lowest BCUT2D eigenvalue weighted by molar-refractivity contribution is -0.119. The van der Waals surface area contributed by atoms with Crippen LogP contribution in [0.25, 0.3) is 10.9 Å². The zero-order valence-corrected chi connectivity index (χ0v) is 11.5. The first kappa shape index (κ1) is 12.7. The maximum Gasteiger partial charge on any atom is 0.217 e. The van der Waals surface area contributed by atoms with E-state index in [1.54, 1.807) is 13.1 Å². The van der Waals surface area contributed by atoms with Crippen molar-refractivity contribution in [1.29, 1.82) is 0 Å². The molecule has 3 N–H and O–H groups in total. The third-order valence-corrected chi connectivity index (χ3v) is 3.72. The first-order valence-corrected chi connectivity index (χ1v) is 6.80. The topological polar surface area (TPSA) is 71.2 Å². The zero-order chi connectivity index (χ0) is 14.1. The summed E-state index contributed by atoms with van der Waals surface area (Å²) in [5.74, 6) is 0.0251. The van der Waals surface area contributed by atoms with Gasteiger partial charge in [-0.1, -0.05) is 0 Å². The molecular weight excluding hydrogens is 252 g/mol. The molecule has 2 aromatic rings. The summed E-state index contributed by atoms with van der Waals surface area (Å²) in [5.41, 5.74) is 8.76. The van der Waals surface area contributed by atoms with Crippen LogP contribution in [0.3, 0.4) is 0 Å². The molecule has 3 rings (SSSR count). The molecule has 1 unspecified atom stereocenters. The molecule has 1 aromatic heterocycles. The molecule has 5 heteroatoms. The molecule has 0 saturated carbocycles. The highest BCUT2D eigenvalue weighted by molar-refractivity contribution is 5.98. The second kappa shape index (κ2) is 5.00. The van der Waals surface area contributed by atoms with Gasteiger partial charge in [0, 0.05) is 43.3 Å². The first-order valence-electron chi connectivity index (χ1n) is 6.80. The molecule has 1 aliphatic heterocycles. The average Bonchev–Trinajstić information content (AvgIpc) is 2.87. The molecule has 0 aliphatic carbocycles. The molecule has 5 nitrogen and oxygen atoms in total. The van der Waals surface area contributed by atoms with Crippen LogP contribution in [0.15, 0.2) is 30.5 Å². The van der Waals surface area contributed by atoms with E-state index < -0.39 is 0 Å². The fourth-order valence-corrected chi connectivity index (χ4v) is 2.82. The lowest BCUT2D eigenvalue weighted by atomic mass is 10.1. The van der Waals surface area contributed by atoms with Crippen LogP contribution in [0.2, 0.25) is 0 Å². The molecule has 104 valence electrons. The molecule has 1 atom stereocenters. The number of carbonyl (C=O) groups excluding carboxylic acids is 1. The minimum absolute atomic E-state index is 0.0251. The second-order valence-corrected chi connectivity index (χ2v) is 5.21. The van der Waals surface area contributed by atoms with E-state index in [0.29, 0.717) is 0 Å². The van der Waals surface area contributed by atoms with Gasteiger partial charge >= 0.3 is 0 Å². The summed E-state index contributed by atoms with van der Waals surface area (Å²) < 4.78 is 0. The number of amides is 1. The van der Waals surface area contributed by atoms with E-state index in [-0.39, 0.29) is 11.9 Å². The van der Waals surface area contributed by atoms with Crippen molar-refractivity contribution in [3.63, 3.8) is 0 Å². The van der Waals surface area contributed by atoms with E-state index in [4.69, 9.17) is 5.73 Å². The van der Waals surface area contributed by atoms with Gasteiger partial charge in [-0.3, -0.25) is 9.78 Å². The van der Waals surface area contributed by atoms with Crippen LogP contribution >= 0.6 is 0 Å². The number of aromatic nitrogens is 1. The summed E-state index contributed by atoms with van der Waals surface area (Å²) in [7, 11) is 0. The number of nitrogens with one attached hydrogen (secondary N) is 1. The minimum Gasteiger partial charge on any atom is -0.398 e. The molecule has 20 heavy (non-hydrogen) atoms. The van der Waals surface area contributed by atoms with Gasteiger partial charge in [-0.05, 0) is 30.7 Å². The number of hydrogen-bond donors (Lipinski definition) is 2. The van der Waals surface area contributed by atoms with Crippen LogP contribution in [0, 0.1) is 0 Å². The summed E-state index contributed by atoms with van der Waals surface area (Å²) in [6.07, 6.45) is 2.74. The van der Waals surface area contributed by atoms with Crippen LogP contribution in [-0.4, -0.2) is 30.0 Å². The van der Waals surface area contributed by atoms with Gasteiger partial charge in [0.15, 0.2) is 0 Å². The smallest absolute Gasteiger partial charge is 0.217 e. The number of anilines is 2. The molecular formula is C15H18N4O. The quantitative estimate of drug-likeness (QED) is 0.812. The Morgan fingerprint density at radius 3 is 3.10 bits per heavy atom. The van der Waals surface area contributed by atoms with E-state index in [9.17, 15) is 4.79 Å². The fourth-order valence-electron chi connectivity index (χ4n) is 2.82. The van der Waals surface area contributed by atoms with Crippen molar-refractivity contribution >= 4 is 28.2 Å². The normalized spacial score (nSPS) is 18.4. The molecule has 0 bridgehead atoms. The molecule has 1 fully saturated rings. The van der Waals surface area contributed by atoms with Crippen molar-refractivity contribution in [3.05, 3.63) is 30.5 Å². The van der Waals surface area contributed by atoms with Crippen LogP contribution in [0.5, 0.6) is 0 Å². The highest BCUT2D eigenvalue weighted by Gasteiger charge is 2.24. The van der Waals surface area contributed by atoms with Crippen LogP contribution < -0.4 is 16.0 Å². The molecule has 1 aromatic carbocycles. The Morgan fingerprint density at radius 2 is 2.30 bits per heavy atom. The number of pyridine rings is 1. The monoisotopic (exact) mass is 270 g/mol. The standard InChI is InChI=1S/C15H18N4O/c1-10(20)18-11-6-8-19(9-11)14-5-4-13(16)12-3-2-7-17-15(12)14/h2-5,7,11H,6,8-9,16H2,1H3,(H,18,20). The molecule has 2 heterocycles. The van der Waals surface area contributed by atoms with Crippen molar-refractivity contribution in [2.45, 2.75) is 19.4 Å². The average molecular weight is 270 g/mol. The van der Waals surface area contributed by atoms with Crippen molar-refractivity contribution in [2.75, 3.05) is 23.7 Å². The highest BCUT2D eigenvalue weighted by atomic mass is 16.1. The van der Waals surface area contributed by atoms with E-state index >= 15 is 0 Å². The molecule has 1 aliphatic rings. The van der Waals surface area contributed by atoms with Crippen LogP contribution in [0.4, 0.5) is 11.4 Å². The zero-order valence-electron chi connectivity index (χ0n) is 11.5. The molecule has 1 amide bonds. The van der Waals surface area contributed by atoms with Gasteiger partial charge in [0.25, 0.3) is 0 Å². The Morgan fingerprint density at radius 1 is 1.45 bits per heavy atom. The number of fused-ring (bicyclic) bond motifs is 1. The summed E-state index contributed by atoms with van der Waals surface area (Å²) in [6.45, 7) is 3.29. The van der Waals surface area contributed by atoms with Crippen molar-refractivity contribution < 1.29 is 4.79 Å². The Kier molecular flexibility index (Phi) is 3.18. The number of hydrogen-bond acceptors (Lipinski definition) is 4. The van der Waals surface area contributed by atoms with Gasteiger partial charge < -0.3 is 16.0 Å². The minimum atomic E-state index is 0.0251. The van der Waals surface area contributed by atoms with Gasteiger partial charge in [-0.25, -0.2) is 0 Å². The Balaban J connectivity index is 1.92. The van der Waals surface area contributed by atoms with Crippen LogP contribution in [-0.2, 0) is 4.79 Å². The van der Waals surface area contributed by atoms with Crippen molar-refractivity contribution in [1.82, 2.24) is 10.3 Å². The molecule has 0 spiro atoms. The van der Waals surface area contributed by atoms with E-state index in [1.807, 2.05) is 24.3 Å². The number of nitrogen functional groups attached to an aromatic ring is 1. The number of carbonyl (C=O) groups is 1. The van der Waals surface area contributed by atoms with E-state index in [1.165, 1.54) is 0 Å². The molecule has 1 saturated heterocycles. The highest BCUT2D eigenvalue weighted by Crippen LogP contribution is 2.31. The lowest BCUT2D eigenvalue weighted by Gasteiger charge is -2.20. The third-order valence-electron chi connectivity index (χ3n) is 3.72. The van der Waals surface area contributed by atoms with Gasteiger partial charge in [0.05, 0.1) is 11.2 Å². The second-order valence-electron chi connectivity index (χ2n) is 5.21. The number of nitrogens with two attached hydrogens (primary N) is 1. The number of benzene rings is 1. The van der Waals surface area contributed by atoms with Gasteiger partial charge in [-0.2, -0.15) is 0 Å². The summed E-state index contributed by atoms with van der Waals surface area (Å²) in [5, 5.41) is 3.95. The maximum atomic E-state index is 11.1. The number of nitrogens with zero attached hydrogens (tertiary/aromatic N) is 2. The van der Waals surface area contributed by atoms with Gasteiger partial charge in [-0.15, -0.1) is 0 Å². The number of rotatable bonds is 2. The predicted octanol–water partition coefficient (Wildman–Crippen LogP) is 1.53. The summed E-state index contributed by atoms with van der Waals surface area (Å²) >= 11 is 0. The predicted molar refractivity (Wildman–Crippen MR) is 80.6 cm³/mol. The van der Waals surface area contributed by atoms with Crippen LogP contribution in [0.1, 0.15) is 13.3 Å². The van der Waals surface area contributed by atoms with Crippen molar-refractivity contribution in [2.24, 2.45) is 0 Å². The van der Waals surface area contributed by atoms with E-state index in [0.717, 1.165) is 41.8 Å². The largest absolute Gasteiger partial charge is 0.398 e. The molecule has 0 radical (unpaired) electrons. The van der Waals surface area contributed by atoms with Gasteiger partial charge in [0.1, 0.15) is 0 Å². The first-order chi connectivity index (χ1) is 9.65.